The van der Waals surface area contributed by atoms with Gasteiger partial charge in [-0.1, -0.05) is 24.3 Å². The Morgan fingerprint density at radius 2 is 1.77 bits per heavy atom. The summed E-state index contributed by atoms with van der Waals surface area (Å²) in [5.74, 6) is -0.480. The Balaban J connectivity index is 1.55. The van der Waals surface area contributed by atoms with Crippen molar-refractivity contribution in [1.29, 1.82) is 0 Å². The number of carbonyl (C=O) groups excluding carboxylic acids is 2. The van der Waals surface area contributed by atoms with Crippen molar-refractivity contribution in [3.8, 4) is 0 Å². The lowest BCUT2D eigenvalue weighted by atomic mass is 9.96. The number of alkyl halides is 3. The van der Waals surface area contributed by atoms with Gasteiger partial charge in [0.2, 0.25) is 11.8 Å². The van der Waals surface area contributed by atoms with E-state index in [1.807, 2.05) is 11.0 Å². The number of anilines is 2. The quantitative estimate of drug-likeness (QED) is 0.762. The van der Waals surface area contributed by atoms with Gasteiger partial charge in [-0.15, -0.1) is 0 Å². The normalized spacial score (nSPS) is 18.0. The molecule has 1 aliphatic heterocycles. The van der Waals surface area contributed by atoms with E-state index in [4.69, 9.17) is 0 Å². The Morgan fingerprint density at radius 3 is 2.39 bits per heavy atom. The average Bonchev–Trinajstić information content (AvgIpc) is 3.53. The Bertz CT molecular complexity index is 998. The molecule has 0 unspecified atom stereocenters. The van der Waals surface area contributed by atoms with E-state index >= 15 is 0 Å². The highest BCUT2D eigenvalue weighted by molar-refractivity contribution is 6.14. The number of rotatable bonds is 5. The number of benzene rings is 2. The molecule has 1 fully saturated rings. The van der Waals surface area contributed by atoms with Crippen LogP contribution >= 0.6 is 0 Å². The first-order chi connectivity index (χ1) is 14.6. The molecule has 2 aliphatic rings. The summed E-state index contributed by atoms with van der Waals surface area (Å²) in [5.41, 5.74) is 0.185. The lowest BCUT2D eigenvalue weighted by Gasteiger charge is -2.42. The molecule has 2 amide bonds. The molecule has 2 aromatic carbocycles. The zero-order valence-corrected chi connectivity index (χ0v) is 17.4. The minimum atomic E-state index is -4.38. The number of halogens is 3. The predicted octanol–water partition coefficient (Wildman–Crippen LogP) is 4.43. The summed E-state index contributed by atoms with van der Waals surface area (Å²) >= 11 is 0. The third-order valence-corrected chi connectivity index (χ3v) is 5.83. The maximum atomic E-state index is 13.4. The van der Waals surface area contributed by atoms with E-state index in [2.05, 4.69) is 5.32 Å². The number of amides is 2. The Hall–Kier alpha value is -2.87. The Morgan fingerprint density at radius 1 is 1.13 bits per heavy atom. The zero-order chi connectivity index (χ0) is 22.4. The lowest BCUT2D eigenvalue weighted by Crippen LogP contribution is -2.60. The van der Waals surface area contributed by atoms with Gasteiger partial charge in [0.25, 0.3) is 0 Å². The van der Waals surface area contributed by atoms with Gasteiger partial charge in [-0.05, 0) is 56.5 Å². The Kier molecular flexibility index (Phi) is 5.29. The molecule has 164 valence electrons. The van der Waals surface area contributed by atoms with Gasteiger partial charge in [-0.3, -0.25) is 19.4 Å². The van der Waals surface area contributed by atoms with Gasteiger partial charge in [0.1, 0.15) is 5.54 Å². The standard InChI is InChI=1S/C23H24F3N3O2/c1-22(2)21(31)27-18-5-3-4-6-19(18)29(22)20(30)14-28(17-11-12-17)13-15-7-9-16(10-8-15)23(24,25)26/h3-10,17H,11-14H2,1-2H3,(H,27,31). The van der Waals surface area contributed by atoms with E-state index in [-0.39, 0.29) is 24.4 Å². The van der Waals surface area contributed by atoms with E-state index in [9.17, 15) is 22.8 Å². The van der Waals surface area contributed by atoms with E-state index in [1.54, 1.807) is 32.0 Å². The summed E-state index contributed by atoms with van der Waals surface area (Å²) in [6, 6.07) is 12.4. The van der Waals surface area contributed by atoms with Gasteiger partial charge in [0.15, 0.2) is 0 Å². The highest BCUT2D eigenvalue weighted by atomic mass is 19.4. The van der Waals surface area contributed by atoms with Crippen molar-refractivity contribution in [2.24, 2.45) is 0 Å². The van der Waals surface area contributed by atoms with Gasteiger partial charge < -0.3 is 5.32 Å². The summed E-state index contributed by atoms with van der Waals surface area (Å²) in [5, 5.41) is 2.84. The first-order valence-corrected chi connectivity index (χ1v) is 10.2. The van der Waals surface area contributed by atoms with E-state index in [0.29, 0.717) is 23.5 Å². The molecular formula is C23H24F3N3O2. The van der Waals surface area contributed by atoms with Crippen LogP contribution in [0.3, 0.4) is 0 Å². The van der Waals surface area contributed by atoms with Crippen LogP contribution in [0.1, 0.15) is 37.8 Å². The van der Waals surface area contributed by atoms with Gasteiger partial charge in [-0.2, -0.15) is 13.2 Å². The van der Waals surface area contributed by atoms with Crippen LogP contribution in [-0.2, 0) is 22.3 Å². The molecule has 31 heavy (non-hydrogen) atoms. The third kappa shape index (κ3) is 4.30. The molecule has 0 bridgehead atoms. The third-order valence-electron chi connectivity index (χ3n) is 5.83. The summed E-state index contributed by atoms with van der Waals surface area (Å²) in [6.45, 7) is 3.86. The van der Waals surface area contributed by atoms with E-state index in [1.165, 1.54) is 17.0 Å². The molecule has 1 N–H and O–H groups in total. The van der Waals surface area contributed by atoms with Crippen molar-refractivity contribution in [2.45, 2.75) is 51.0 Å². The van der Waals surface area contributed by atoms with Crippen LogP contribution in [0.15, 0.2) is 48.5 Å². The number of hydrogen-bond donors (Lipinski definition) is 1. The second kappa shape index (κ2) is 7.67. The minimum absolute atomic E-state index is 0.0801. The summed E-state index contributed by atoms with van der Waals surface area (Å²) in [7, 11) is 0. The second-order valence-corrected chi connectivity index (χ2v) is 8.59. The molecule has 8 heteroatoms. The number of hydrogen-bond acceptors (Lipinski definition) is 3. The molecule has 1 heterocycles. The fourth-order valence-corrected chi connectivity index (χ4v) is 3.93. The van der Waals surface area contributed by atoms with Crippen LogP contribution in [0.4, 0.5) is 24.5 Å². The molecule has 1 aliphatic carbocycles. The molecule has 0 atom stereocenters. The van der Waals surface area contributed by atoms with Crippen molar-refractivity contribution in [2.75, 3.05) is 16.8 Å². The molecule has 0 aromatic heterocycles. The molecule has 0 saturated heterocycles. The predicted molar refractivity (Wildman–Crippen MR) is 112 cm³/mol. The summed E-state index contributed by atoms with van der Waals surface area (Å²) < 4.78 is 38.5. The number of nitrogens with one attached hydrogen (secondary N) is 1. The van der Waals surface area contributed by atoms with E-state index in [0.717, 1.165) is 25.0 Å². The van der Waals surface area contributed by atoms with Crippen LogP contribution in [-0.4, -0.2) is 34.8 Å². The van der Waals surface area contributed by atoms with Crippen molar-refractivity contribution in [3.05, 3.63) is 59.7 Å². The summed E-state index contributed by atoms with van der Waals surface area (Å²) in [4.78, 5) is 29.5. The van der Waals surface area contributed by atoms with Gasteiger partial charge in [-0.25, -0.2) is 0 Å². The fraction of sp³-hybridized carbons (Fsp3) is 0.391. The second-order valence-electron chi connectivity index (χ2n) is 8.59. The zero-order valence-electron chi connectivity index (χ0n) is 17.4. The molecular weight excluding hydrogens is 407 g/mol. The molecule has 1 saturated carbocycles. The van der Waals surface area contributed by atoms with Crippen molar-refractivity contribution < 1.29 is 22.8 Å². The number of para-hydroxylation sites is 2. The number of nitrogens with zero attached hydrogens (tertiary/aromatic N) is 2. The highest BCUT2D eigenvalue weighted by Gasteiger charge is 2.44. The average molecular weight is 431 g/mol. The maximum Gasteiger partial charge on any atom is 0.416 e. The van der Waals surface area contributed by atoms with Crippen LogP contribution in [0.2, 0.25) is 0 Å². The topological polar surface area (TPSA) is 52.7 Å². The van der Waals surface area contributed by atoms with Crippen LogP contribution in [0.5, 0.6) is 0 Å². The van der Waals surface area contributed by atoms with Crippen LogP contribution in [0.25, 0.3) is 0 Å². The molecule has 0 radical (unpaired) electrons. The minimum Gasteiger partial charge on any atom is -0.322 e. The van der Waals surface area contributed by atoms with Crippen LogP contribution in [0, 0.1) is 0 Å². The first kappa shape index (κ1) is 21.4. The molecule has 0 spiro atoms. The largest absolute Gasteiger partial charge is 0.416 e. The van der Waals surface area contributed by atoms with Gasteiger partial charge in [0, 0.05) is 12.6 Å². The number of carbonyl (C=O) groups is 2. The molecule has 5 nitrogen and oxygen atoms in total. The first-order valence-electron chi connectivity index (χ1n) is 10.2. The molecule has 4 rings (SSSR count). The fourth-order valence-electron chi connectivity index (χ4n) is 3.93. The van der Waals surface area contributed by atoms with Crippen molar-refractivity contribution >= 4 is 23.2 Å². The molecule has 2 aromatic rings. The Labute approximate surface area is 178 Å². The van der Waals surface area contributed by atoms with Crippen molar-refractivity contribution in [3.63, 3.8) is 0 Å². The maximum absolute atomic E-state index is 13.4. The summed E-state index contributed by atoms with van der Waals surface area (Å²) in [6.07, 6.45) is -2.50. The van der Waals surface area contributed by atoms with Crippen molar-refractivity contribution in [1.82, 2.24) is 4.90 Å². The smallest absolute Gasteiger partial charge is 0.322 e. The highest BCUT2D eigenvalue weighted by Crippen LogP contribution is 2.37. The van der Waals surface area contributed by atoms with Gasteiger partial charge >= 0.3 is 6.18 Å². The lowest BCUT2D eigenvalue weighted by molar-refractivity contribution is -0.137. The number of fused-ring (bicyclic) bond motifs is 1. The van der Waals surface area contributed by atoms with Gasteiger partial charge in [0.05, 0.1) is 23.5 Å². The monoisotopic (exact) mass is 431 g/mol. The van der Waals surface area contributed by atoms with E-state index < -0.39 is 17.3 Å². The van der Waals surface area contributed by atoms with Crippen LogP contribution < -0.4 is 10.2 Å². The SMILES string of the molecule is CC1(C)C(=O)Nc2ccccc2N1C(=O)CN(Cc1ccc(C(F)(F)F)cc1)C1CC1.